The molecule has 1 unspecified atom stereocenters. The highest BCUT2D eigenvalue weighted by molar-refractivity contribution is 5.94. The van der Waals surface area contributed by atoms with Gasteiger partial charge in [0.15, 0.2) is 29.1 Å². The SMILES string of the molecule is CC.Cc1c(F)c(F)c(F)c(F)c1CC(=O)N(C)c1nc2c(nc1C(O)c1ccccc1)-c1ccc(N=O)cc1CC2. The van der Waals surface area contributed by atoms with Gasteiger partial charge in [0.25, 0.3) is 0 Å². The lowest BCUT2D eigenvalue weighted by Gasteiger charge is -2.26. The van der Waals surface area contributed by atoms with Crippen LogP contribution in [0.2, 0.25) is 0 Å². The number of aliphatic hydroxyl groups excluding tert-OH is 1. The van der Waals surface area contributed by atoms with E-state index in [4.69, 9.17) is 4.98 Å². The fourth-order valence-corrected chi connectivity index (χ4v) is 4.80. The van der Waals surface area contributed by atoms with E-state index in [1.54, 1.807) is 42.5 Å². The minimum Gasteiger partial charge on any atom is -0.382 e. The number of nitrogens with zero attached hydrogens (tertiary/aromatic N) is 4. The highest BCUT2D eigenvalue weighted by atomic mass is 19.2. The molecule has 1 aliphatic carbocycles. The van der Waals surface area contributed by atoms with Gasteiger partial charge in [-0.25, -0.2) is 27.5 Å². The number of fused-ring (bicyclic) bond motifs is 3. The van der Waals surface area contributed by atoms with Crippen LogP contribution in [0.1, 0.15) is 53.6 Å². The first-order valence-electron chi connectivity index (χ1n) is 13.3. The monoisotopic (exact) mass is 580 g/mol. The van der Waals surface area contributed by atoms with Gasteiger partial charge in [0, 0.05) is 18.2 Å². The summed E-state index contributed by atoms with van der Waals surface area (Å²) < 4.78 is 56.2. The molecule has 0 radical (unpaired) electrons. The Morgan fingerprint density at radius 2 is 1.64 bits per heavy atom. The van der Waals surface area contributed by atoms with Gasteiger partial charge in [-0.05, 0) is 53.8 Å². The topological polar surface area (TPSA) is 95.8 Å². The van der Waals surface area contributed by atoms with Gasteiger partial charge < -0.3 is 5.11 Å². The Bertz CT molecular complexity index is 1640. The van der Waals surface area contributed by atoms with Crippen molar-refractivity contribution in [3.05, 3.63) is 110 Å². The molecule has 1 amide bonds. The van der Waals surface area contributed by atoms with Crippen LogP contribution in [0, 0.1) is 35.1 Å². The van der Waals surface area contributed by atoms with Crippen molar-refractivity contribution in [2.24, 2.45) is 5.18 Å². The van der Waals surface area contributed by atoms with Crippen LogP contribution in [0.25, 0.3) is 11.3 Å². The number of carbonyl (C=O) groups excluding carboxylic acids is 1. The second-order valence-corrected chi connectivity index (χ2v) is 9.46. The number of aromatic nitrogens is 2. The van der Waals surface area contributed by atoms with Crippen molar-refractivity contribution in [1.29, 1.82) is 0 Å². The summed E-state index contributed by atoms with van der Waals surface area (Å²) in [5, 5.41) is 14.3. The van der Waals surface area contributed by atoms with E-state index in [-0.39, 0.29) is 17.2 Å². The molecule has 5 rings (SSSR count). The Morgan fingerprint density at radius 1 is 0.976 bits per heavy atom. The van der Waals surface area contributed by atoms with Crippen molar-refractivity contribution in [1.82, 2.24) is 9.97 Å². The number of nitroso groups, excluding NO2 is 1. The van der Waals surface area contributed by atoms with Gasteiger partial charge in [-0.3, -0.25) is 9.69 Å². The molecule has 0 saturated carbocycles. The molecule has 11 heteroatoms. The summed E-state index contributed by atoms with van der Waals surface area (Å²) in [6.45, 7) is 5.05. The second kappa shape index (κ2) is 12.6. The minimum absolute atomic E-state index is 0.0138. The van der Waals surface area contributed by atoms with Crippen molar-refractivity contribution in [2.45, 2.75) is 46.1 Å². The van der Waals surface area contributed by atoms with Crippen LogP contribution in [-0.4, -0.2) is 28.0 Å². The summed E-state index contributed by atoms with van der Waals surface area (Å²) in [6, 6.07) is 13.4. The van der Waals surface area contributed by atoms with Crippen LogP contribution in [-0.2, 0) is 24.1 Å². The molecule has 0 bridgehead atoms. The maximum absolute atomic E-state index is 14.5. The first-order chi connectivity index (χ1) is 20.1. The lowest BCUT2D eigenvalue weighted by atomic mass is 9.91. The van der Waals surface area contributed by atoms with E-state index in [0.29, 0.717) is 35.4 Å². The minimum atomic E-state index is -2.01. The maximum Gasteiger partial charge on any atom is 0.232 e. The van der Waals surface area contributed by atoms with E-state index >= 15 is 0 Å². The summed E-state index contributed by atoms with van der Waals surface area (Å²) in [6.07, 6.45) is -1.22. The van der Waals surface area contributed by atoms with Crippen LogP contribution >= 0.6 is 0 Å². The van der Waals surface area contributed by atoms with Gasteiger partial charge in [-0.15, -0.1) is 4.91 Å². The second-order valence-electron chi connectivity index (χ2n) is 9.46. The maximum atomic E-state index is 14.5. The number of aryl methyl sites for hydroxylation is 2. The van der Waals surface area contributed by atoms with Gasteiger partial charge in [-0.2, -0.15) is 0 Å². The molecule has 0 aliphatic heterocycles. The molecule has 1 N–H and O–H groups in total. The van der Waals surface area contributed by atoms with Crippen LogP contribution in [0.15, 0.2) is 53.7 Å². The van der Waals surface area contributed by atoms with E-state index in [9.17, 15) is 32.4 Å². The quantitative estimate of drug-likeness (QED) is 0.117. The number of amides is 1. The summed E-state index contributed by atoms with van der Waals surface area (Å²) in [5.41, 5.74) is 2.06. The molecule has 1 heterocycles. The Balaban J connectivity index is 0.00000198. The molecule has 0 fully saturated rings. The Labute approximate surface area is 239 Å². The molecule has 0 spiro atoms. The normalized spacial score (nSPS) is 12.4. The lowest BCUT2D eigenvalue weighted by Crippen LogP contribution is -2.32. The summed E-state index contributed by atoms with van der Waals surface area (Å²) >= 11 is 0. The van der Waals surface area contributed by atoms with E-state index in [0.717, 1.165) is 17.4 Å². The molecule has 1 aromatic heterocycles. The van der Waals surface area contributed by atoms with Crippen molar-refractivity contribution in [2.75, 3.05) is 11.9 Å². The van der Waals surface area contributed by atoms with Crippen LogP contribution in [0.5, 0.6) is 0 Å². The van der Waals surface area contributed by atoms with E-state index in [1.807, 2.05) is 13.8 Å². The van der Waals surface area contributed by atoms with E-state index in [1.165, 1.54) is 13.1 Å². The largest absolute Gasteiger partial charge is 0.382 e. The van der Waals surface area contributed by atoms with Crippen LogP contribution in [0.4, 0.5) is 29.1 Å². The lowest BCUT2D eigenvalue weighted by molar-refractivity contribution is -0.117. The number of benzene rings is 3. The summed E-state index contributed by atoms with van der Waals surface area (Å²) in [5.74, 6) is -8.04. The van der Waals surface area contributed by atoms with E-state index < -0.39 is 52.8 Å². The molecule has 0 saturated heterocycles. The Kier molecular flexibility index (Phi) is 9.11. The fourth-order valence-electron chi connectivity index (χ4n) is 4.80. The fraction of sp³-hybridized carbons (Fsp3) is 0.258. The van der Waals surface area contributed by atoms with Gasteiger partial charge >= 0.3 is 0 Å². The smallest absolute Gasteiger partial charge is 0.232 e. The first kappa shape index (κ1) is 30.4. The molecule has 3 aromatic carbocycles. The van der Waals surface area contributed by atoms with Gasteiger partial charge in [0.1, 0.15) is 17.5 Å². The van der Waals surface area contributed by atoms with Crippen LogP contribution < -0.4 is 4.90 Å². The number of hydrogen-bond acceptors (Lipinski definition) is 6. The van der Waals surface area contributed by atoms with E-state index in [2.05, 4.69) is 10.2 Å². The van der Waals surface area contributed by atoms with Crippen molar-refractivity contribution < 1.29 is 27.5 Å². The Morgan fingerprint density at radius 3 is 2.31 bits per heavy atom. The number of hydrogen-bond donors (Lipinski definition) is 1. The molecule has 42 heavy (non-hydrogen) atoms. The zero-order chi connectivity index (χ0) is 30.7. The highest BCUT2D eigenvalue weighted by Gasteiger charge is 2.30. The number of anilines is 1. The van der Waals surface area contributed by atoms with Gasteiger partial charge in [-0.1, -0.05) is 50.2 Å². The van der Waals surface area contributed by atoms with Crippen molar-refractivity contribution in [3.8, 4) is 11.3 Å². The average Bonchev–Trinajstić information content (AvgIpc) is 3.04. The van der Waals surface area contributed by atoms with Gasteiger partial charge in [0.05, 0.1) is 17.8 Å². The number of halogens is 4. The first-order valence-corrected chi connectivity index (χ1v) is 13.3. The standard InChI is InChI=1S/C29H22F4N4O3.C2H6/c1-14-19(23(31)25(33)24(32)22(14)30)13-21(38)37(2)29-27(28(39)15-6-4-3-5-7-15)35-26-18-10-9-17(36-40)12-16(18)8-11-20(26)34-29;1-2/h3-7,9-10,12,28,39H,8,11,13H2,1-2H3;1-2H3. The third-order valence-corrected chi connectivity index (χ3v) is 7.08. The van der Waals surface area contributed by atoms with Crippen molar-refractivity contribution >= 4 is 17.4 Å². The number of rotatable bonds is 6. The zero-order valence-electron chi connectivity index (χ0n) is 23.4. The predicted molar refractivity (Wildman–Crippen MR) is 150 cm³/mol. The number of aliphatic hydroxyl groups is 1. The van der Waals surface area contributed by atoms with Crippen LogP contribution in [0.3, 0.4) is 0 Å². The Hall–Kier alpha value is -4.51. The molecule has 218 valence electrons. The molecule has 7 nitrogen and oxygen atoms in total. The van der Waals surface area contributed by atoms with Crippen molar-refractivity contribution in [3.63, 3.8) is 0 Å². The number of carbonyl (C=O) groups is 1. The number of likely N-dealkylation sites (N-methyl/N-ethyl adjacent to an activating group) is 1. The molecule has 1 atom stereocenters. The van der Waals surface area contributed by atoms with Gasteiger partial charge in [0.2, 0.25) is 5.91 Å². The third kappa shape index (κ3) is 5.52. The average molecular weight is 581 g/mol. The summed E-state index contributed by atoms with van der Waals surface area (Å²) in [7, 11) is 1.32. The highest BCUT2D eigenvalue weighted by Crippen LogP contribution is 2.38. The zero-order valence-corrected chi connectivity index (χ0v) is 23.4. The third-order valence-electron chi connectivity index (χ3n) is 7.08. The molecule has 4 aromatic rings. The molecular weight excluding hydrogens is 552 g/mol. The summed E-state index contributed by atoms with van der Waals surface area (Å²) in [4.78, 5) is 34.7. The molecular formula is C31H28F4N4O3. The molecule has 1 aliphatic rings. The predicted octanol–water partition coefficient (Wildman–Crippen LogP) is 6.82.